The fourth-order valence-electron chi connectivity index (χ4n) is 3.23. The number of H-pyrrole nitrogens is 1. The zero-order valence-corrected chi connectivity index (χ0v) is 18.6. The summed E-state index contributed by atoms with van der Waals surface area (Å²) in [5.74, 6) is 0.277. The fraction of sp³-hybridized carbons (Fsp3) is 0.125. The molecular weight excluding hydrogens is 446 g/mol. The number of aromatic nitrogens is 2. The number of ether oxygens (including phenoxy) is 3. The van der Waals surface area contributed by atoms with Gasteiger partial charge in [0.25, 0.3) is 5.91 Å². The molecule has 8 nitrogen and oxygen atoms in total. The molecule has 0 bridgehead atoms. The first-order valence-corrected chi connectivity index (χ1v) is 10.3. The minimum absolute atomic E-state index is 0.295. The summed E-state index contributed by atoms with van der Waals surface area (Å²) in [6.07, 6.45) is 0. The molecule has 3 aromatic carbocycles. The summed E-state index contributed by atoms with van der Waals surface area (Å²) in [5.41, 5.74) is 2.96. The number of hydrogen-bond donors (Lipinski definition) is 2. The number of nitrogens with zero attached hydrogens (tertiary/aromatic N) is 1. The SMILES string of the molecule is COc1cc(OC)c(NC(=O)COC(=O)c2ccc3nc(-c4ccccc4)[nH]c3c2)cc1Cl. The first-order valence-electron chi connectivity index (χ1n) is 9.92. The van der Waals surface area contributed by atoms with Crippen LogP contribution in [0.5, 0.6) is 11.5 Å². The maximum absolute atomic E-state index is 12.5. The second kappa shape index (κ2) is 9.62. The van der Waals surface area contributed by atoms with Gasteiger partial charge in [0.2, 0.25) is 0 Å². The summed E-state index contributed by atoms with van der Waals surface area (Å²) >= 11 is 6.11. The Labute approximate surface area is 194 Å². The maximum atomic E-state index is 12.5. The number of methoxy groups -OCH3 is 2. The van der Waals surface area contributed by atoms with Crippen LogP contribution in [0.25, 0.3) is 22.4 Å². The molecular formula is C24H20ClN3O5. The van der Waals surface area contributed by atoms with Gasteiger partial charge in [-0.05, 0) is 24.3 Å². The Hall–Kier alpha value is -4.04. The number of imidazole rings is 1. The molecule has 0 fully saturated rings. The van der Waals surface area contributed by atoms with E-state index < -0.39 is 18.5 Å². The van der Waals surface area contributed by atoms with Crippen molar-refractivity contribution in [2.45, 2.75) is 0 Å². The van der Waals surface area contributed by atoms with Crippen LogP contribution < -0.4 is 14.8 Å². The van der Waals surface area contributed by atoms with E-state index >= 15 is 0 Å². The zero-order valence-electron chi connectivity index (χ0n) is 17.8. The Bertz CT molecular complexity index is 1320. The minimum atomic E-state index is -0.636. The predicted octanol–water partition coefficient (Wildman–Crippen LogP) is 4.70. The minimum Gasteiger partial charge on any atom is -0.495 e. The molecule has 0 aliphatic rings. The molecule has 4 aromatic rings. The van der Waals surface area contributed by atoms with E-state index in [1.165, 1.54) is 20.3 Å². The van der Waals surface area contributed by atoms with Crippen molar-refractivity contribution >= 4 is 40.2 Å². The van der Waals surface area contributed by atoms with Crippen molar-refractivity contribution in [1.82, 2.24) is 9.97 Å². The predicted molar refractivity (Wildman–Crippen MR) is 125 cm³/mol. The van der Waals surface area contributed by atoms with Crippen LogP contribution in [0.1, 0.15) is 10.4 Å². The van der Waals surface area contributed by atoms with Gasteiger partial charge in [-0.25, -0.2) is 9.78 Å². The maximum Gasteiger partial charge on any atom is 0.338 e. The summed E-state index contributed by atoms with van der Waals surface area (Å²) in [6, 6.07) is 17.7. The Morgan fingerprint density at radius 3 is 2.48 bits per heavy atom. The van der Waals surface area contributed by atoms with Crippen LogP contribution in [-0.2, 0) is 9.53 Å². The van der Waals surface area contributed by atoms with E-state index in [1.54, 1.807) is 24.3 Å². The second-order valence-corrected chi connectivity index (χ2v) is 7.40. The summed E-state index contributed by atoms with van der Waals surface area (Å²) in [7, 11) is 2.93. The van der Waals surface area contributed by atoms with Gasteiger partial charge in [0.15, 0.2) is 6.61 Å². The van der Waals surface area contributed by atoms with E-state index in [1.807, 2.05) is 30.3 Å². The number of benzene rings is 3. The number of halogens is 1. The number of amides is 1. The zero-order chi connectivity index (χ0) is 23.4. The number of anilines is 1. The molecule has 0 radical (unpaired) electrons. The number of aromatic amines is 1. The molecule has 1 heterocycles. The third-order valence-corrected chi connectivity index (χ3v) is 5.14. The Morgan fingerprint density at radius 1 is 1.00 bits per heavy atom. The van der Waals surface area contributed by atoms with Crippen LogP contribution >= 0.6 is 11.6 Å². The van der Waals surface area contributed by atoms with Crippen LogP contribution in [-0.4, -0.2) is 42.7 Å². The largest absolute Gasteiger partial charge is 0.495 e. The summed E-state index contributed by atoms with van der Waals surface area (Å²) in [4.78, 5) is 32.5. The summed E-state index contributed by atoms with van der Waals surface area (Å²) in [5, 5.41) is 2.91. The van der Waals surface area contributed by atoms with Crippen molar-refractivity contribution in [3.05, 3.63) is 71.2 Å². The number of hydrogen-bond acceptors (Lipinski definition) is 6. The molecule has 0 aliphatic heterocycles. The fourth-order valence-corrected chi connectivity index (χ4v) is 3.47. The van der Waals surface area contributed by atoms with Gasteiger partial charge in [0, 0.05) is 11.6 Å². The lowest BCUT2D eigenvalue weighted by molar-refractivity contribution is -0.119. The van der Waals surface area contributed by atoms with Gasteiger partial charge in [0.1, 0.15) is 17.3 Å². The van der Waals surface area contributed by atoms with Crippen LogP contribution in [0.15, 0.2) is 60.7 Å². The van der Waals surface area contributed by atoms with Crippen molar-refractivity contribution in [2.75, 3.05) is 26.1 Å². The molecule has 9 heteroatoms. The molecule has 0 saturated heterocycles. The molecule has 4 rings (SSSR count). The molecule has 1 aromatic heterocycles. The molecule has 0 aliphatic carbocycles. The normalized spacial score (nSPS) is 10.6. The molecule has 0 atom stereocenters. The highest BCUT2D eigenvalue weighted by Crippen LogP contribution is 2.35. The molecule has 33 heavy (non-hydrogen) atoms. The Kier molecular flexibility index (Phi) is 6.46. The van der Waals surface area contributed by atoms with Crippen molar-refractivity contribution in [3.63, 3.8) is 0 Å². The van der Waals surface area contributed by atoms with Crippen molar-refractivity contribution in [1.29, 1.82) is 0 Å². The second-order valence-electron chi connectivity index (χ2n) is 6.99. The first kappa shape index (κ1) is 22.2. The number of rotatable bonds is 7. The number of nitrogens with one attached hydrogen (secondary N) is 2. The molecule has 1 amide bonds. The number of carbonyl (C=O) groups is 2. The van der Waals surface area contributed by atoms with Gasteiger partial charge < -0.3 is 24.5 Å². The average molecular weight is 466 g/mol. The van der Waals surface area contributed by atoms with Gasteiger partial charge in [0.05, 0.1) is 41.5 Å². The number of esters is 1. The third kappa shape index (κ3) is 4.91. The van der Waals surface area contributed by atoms with Crippen molar-refractivity contribution in [2.24, 2.45) is 0 Å². The highest BCUT2D eigenvalue weighted by atomic mass is 35.5. The van der Waals surface area contributed by atoms with Gasteiger partial charge in [-0.2, -0.15) is 0 Å². The van der Waals surface area contributed by atoms with Crippen molar-refractivity contribution in [3.8, 4) is 22.9 Å². The van der Waals surface area contributed by atoms with Crippen LogP contribution in [0, 0.1) is 0 Å². The van der Waals surface area contributed by atoms with Crippen LogP contribution in [0.3, 0.4) is 0 Å². The smallest absolute Gasteiger partial charge is 0.338 e. The molecule has 0 saturated carbocycles. The van der Waals surface area contributed by atoms with Crippen LogP contribution in [0.4, 0.5) is 5.69 Å². The Morgan fingerprint density at radius 2 is 1.76 bits per heavy atom. The monoisotopic (exact) mass is 465 g/mol. The molecule has 2 N–H and O–H groups in total. The molecule has 168 valence electrons. The molecule has 0 spiro atoms. The lowest BCUT2D eigenvalue weighted by atomic mass is 10.2. The van der Waals surface area contributed by atoms with E-state index in [2.05, 4.69) is 15.3 Å². The van der Waals surface area contributed by atoms with Gasteiger partial charge in [-0.1, -0.05) is 41.9 Å². The van der Waals surface area contributed by atoms with E-state index in [4.69, 9.17) is 25.8 Å². The quantitative estimate of drug-likeness (QED) is 0.384. The van der Waals surface area contributed by atoms with E-state index in [-0.39, 0.29) is 0 Å². The highest BCUT2D eigenvalue weighted by molar-refractivity contribution is 6.32. The Balaban J connectivity index is 1.42. The molecule has 0 unspecified atom stereocenters. The standard InChI is InChI=1S/C24H20ClN3O5/c1-31-20-12-21(32-2)19(11-16(20)25)26-22(29)13-33-24(30)15-8-9-17-18(10-15)28-23(27-17)14-6-4-3-5-7-14/h3-12H,13H2,1-2H3,(H,26,29)(H,27,28). The average Bonchev–Trinajstić information content (AvgIpc) is 3.27. The van der Waals surface area contributed by atoms with E-state index in [0.717, 1.165) is 5.56 Å². The third-order valence-electron chi connectivity index (χ3n) is 4.85. The number of carbonyl (C=O) groups excluding carboxylic acids is 2. The van der Waals surface area contributed by atoms with Gasteiger partial charge in [-0.3, -0.25) is 4.79 Å². The lowest BCUT2D eigenvalue weighted by Crippen LogP contribution is -2.21. The topological polar surface area (TPSA) is 103 Å². The highest BCUT2D eigenvalue weighted by Gasteiger charge is 2.16. The number of fused-ring (bicyclic) bond motifs is 1. The van der Waals surface area contributed by atoms with Crippen molar-refractivity contribution < 1.29 is 23.8 Å². The van der Waals surface area contributed by atoms with E-state index in [0.29, 0.717) is 44.6 Å². The van der Waals surface area contributed by atoms with E-state index in [9.17, 15) is 9.59 Å². The summed E-state index contributed by atoms with van der Waals surface area (Å²) < 4.78 is 15.5. The lowest BCUT2D eigenvalue weighted by Gasteiger charge is -2.13. The van der Waals surface area contributed by atoms with Gasteiger partial charge in [-0.15, -0.1) is 0 Å². The summed E-state index contributed by atoms with van der Waals surface area (Å²) in [6.45, 7) is -0.484. The first-order chi connectivity index (χ1) is 16.0. The van der Waals surface area contributed by atoms with Crippen LogP contribution in [0.2, 0.25) is 5.02 Å². The van der Waals surface area contributed by atoms with Gasteiger partial charge >= 0.3 is 5.97 Å².